The molecule has 0 aliphatic carbocycles. The van der Waals surface area contributed by atoms with Crippen LogP contribution in [0.15, 0.2) is 23.6 Å². The summed E-state index contributed by atoms with van der Waals surface area (Å²) in [5.41, 5.74) is 1.44. The number of hydrogen-bond acceptors (Lipinski definition) is 10. The van der Waals surface area contributed by atoms with Crippen LogP contribution >= 0.6 is 11.3 Å². The van der Waals surface area contributed by atoms with Crippen LogP contribution in [0, 0.1) is 0 Å². The molecule has 2 fully saturated rings. The summed E-state index contributed by atoms with van der Waals surface area (Å²) >= 11 is 1.42. The topological polar surface area (TPSA) is 126 Å². The van der Waals surface area contributed by atoms with Crippen LogP contribution in [0.5, 0.6) is 0 Å². The molecule has 0 spiro atoms. The summed E-state index contributed by atoms with van der Waals surface area (Å²) in [5.74, 6) is -0.686. The van der Waals surface area contributed by atoms with Gasteiger partial charge in [0.15, 0.2) is 5.13 Å². The maximum absolute atomic E-state index is 13.2. The summed E-state index contributed by atoms with van der Waals surface area (Å²) in [6.45, 7) is 12.3. The van der Waals surface area contributed by atoms with Gasteiger partial charge in [0.2, 0.25) is 0 Å². The van der Waals surface area contributed by atoms with Crippen LogP contribution < -0.4 is 15.5 Å². The summed E-state index contributed by atoms with van der Waals surface area (Å²) < 4.78 is 16.1. The molecule has 2 saturated heterocycles. The molecule has 13 heteroatoms. The first-order chi connectivity index (χ1) is 20.5. The predicted molar refractivity (Wildman–Crippen MR) is 166 cm³/mol. The molecule has 0 saturated carbocycles. The Kier molecular flexibility index (Phi) is 11.0. The number of anilines is 2. The number of amides is 3. The Bertz CT molecular complexity index is 1280. The number of thiazole rings is 1. The zero-order chi connectivity index (χ0) is 31.1. The van der Waals surface area contributed by atoms with E-state index in [9.17, 15) is 14.4 Å². The number of methoxy groups -OCH3 is 2. The molecular formula is C30H44N6O6S. The van der Waals surface area contributed by atoms with Gasteiger partial charge in [-0.3, -0.25) is 14.5 Å². The van der Waals surface area contributed by atoms with E-state index in [1.54, 1.807) is 30.6 Å². The number of nitrogens with one attached hydrogen (secondary N) is 2. The van der Waals surface area contributed by atoms with E-state index in [-0.39, 0.29) is 30.1 Å². The van der Waals surface area contributed by atoms with Gasteiger partial charge in [0.05, 0.1) is 24.0 Å². The summed E-state index contributed by atoms with van der Waals surface area (Å²) in [6.07, 6.45) is 0.778. The maximum Gasteiger partial charge on any atom is 0.410 e. The third-order valence-electron chi connectivity index (χ3n) is 7.44. The van der Waals surface area contributed by atoms with Crippen molar-refractivity contribution in [1.82, 2.24) is 20.1 Å². The van der Waals surface area contributed by atoms with E-state index in [2.05, 4.69) is 32.3 Å². The van der Waals surface area contributed by atoms with Gasteiger partial charge in [-0.2, -0.15) is 0 Å². The largest absolute Gasteiger partial charge is 0.444 e. The zero-order valence-corrected chi connectivity index (χ0v) is 26.8. The number of hydrogen-bond donors (Lipinski definition) is 2. The van der Waals surface area contributed by atoms with E-state index in [1.165, 1.54) is 11.3 Å². The molecule has 3 heterocycles. The molecule has 2 atom stereocenters. The van der Waals surface area contributed by atoms with Crippen molar-refractivity contribution in [2.24, 2.45) is 0 Å². The normalized spacial score (nSPS) is 19.4. The summed E-state index contributed by atoms with van der Waals surface area (Å²) in [5, 5.41) is 8.27. The number of benzene rings is 1. The van der Waals surface area contributed by atoms with Crippen LogP contribution in [0.2, 0.25) is 0 Å². The zero-order valence-electron chi connectivity index (χ0n) is 26.0. The van der Waals surface area contributed by atoms with Crippen LogP contribution in [0.25, 0.3) is 0 Å². The summed E-state index contributed by atoms with van der Waals surface area (Å²) in [7, 11) is 3.28. The Morgan fingerprint density at radius 3 is 2.56 bits per heavy atom. The predicted octanol–water partition coefficient (Wildman–Crippen LogP) is 3.44. The van der Waals surface area contributed by atoms with Crippen LogP contribution in [-0.2, 0) is 20.8 Å². The number of piperazine rings is 1. The lowest BCUT2D eigenvalue weighted by Crippen LogP contribution is -2.54. The number of ether oxygens (including phenoxy) is 3. The smallest absolute Gasteiger partial charge is 0.410 e. The second-order valence-corrected chi connectivity index (χ2v) is 12.8. The third-order valence-corrected chi connectivity index (χ3v) is 8.35. The molecule has 12 nitrogen and oxygen atoms in total. The molecule has 0 radical (unpaired) electrons. The molecule has 43 heavy (non-hydrogen) atoms. The van der Waals surface area contributed by atoms with Crippen molar-refractivity contribution < 1.29 is 28.6 Å². The van der Waals surface area contributed by atoms with E-state index in [0.717, 1.165) is 30.2 Å². The van der Waals surface area contributed by atoms with Crippen molar-refractivity contribution in [3.05, 3.63) is 40.4 Å². The van der Waals surface area contributed by atoms with Crippen LogP contribution in [0.4, 0.5) is 15.6 Å². The average molecular weight is 617 g/mol. The monoisotopic (exact) mass is 616 g/mol. The molecule has 236 valence electrons. The molecule has 2 aliphatic rings. The Morgan fingerprint density at radius 1 is 1.09 bits per heavy atom. The summed E-state index contributed by atoms with van der Waals surface area (Å²) in [6, 6.07) is 5.58. The first-order valence-corrected chi connectivity index (χ1v) is 15.5. The summed E-state index contributed by atoms with van der Waals surface area (Å²) in [4.78, 5) is 49.7. The van der Waals surface area contributed by atoms with E-state index in [4.69, 9.17) is 14.2 Å². The van der Waals surface area contributed by atoms with Gasteiger partial charge in [-0.15, -0.1) is 11.3 Å². The minimum absolute atomic E-state index is 0.0910. The first-order valence-electron chi connectivity index (χ1n) is 14.6. The Hall–Kier alpha value is -3.26. The van der Waals surface area contributed by atoms with E-state index < -0.39 is 5.60 Å². The number of nitrogens with zero attached hydrogens (tertiary/aromatic N) is 4. The highest BCUT2D eigenvalue weighted by molar-refractivity contribution is 7.14. The van der Waals surface area contributed by atoms with Gasteiger partial charge in [0.25, 0.3) is 11.8 Å². The minimum Gasteiger partial charge on any atom is -0.444 e. The molecule has 2 aromatic rings. The molecule has 0 bridgehead atoms. The molecule has 1 aromatic heterocycles. The van der Waals surface area contributed by atoms with Gasteiger partial charge >= 0.3 is 6.09 Å². The lowest BCUT2D eigenvalue weighted by Gasteiger charge is -2.40. The molecule has 3 amide bonds. The van der Waals surface area contributed by atoms with Crippen LogP contribution in [-0.4, -0.2) is 111 Å². The van der Waals surface area contributed by atoms with E-state index in [0.29, 0.717) is 56.3 Å². The third kappa shape index (κ3) is 8.88. The van der Waals surface area contributed by atoms with Crippen LogP contribution in [0.1, 0.15) is 60.5 Å². The average Bonchev–Trinajstić information content (AvgIpc) is 3.64. The Morgan fingerprint density at radius 2 is 1.88 bits per heavy atom. The fourth-order valence-corrected chi connectivity index (χ4v) is 5.94. The first kappa shape index (κ1) is 32.6. The molecular weight excluding hydrogens is 572 g/mol. The van der Waals surface area contributed by atoms with Gasteiger partial charge in [-0.25, -0.2) is 9.78 Å². The fraction of sp³-hybridized carbons (Fsp3) is 0.600. The van der Waals surface area contributed by atoms with Crippen molar-refractivity contribution in [1.29, 1.82) is 0 Å². The SMILES string of the molecule is COCCNC(=O)c1cc(CN2CCN(C(=O)OC(C)(C)C)C[C@@H]2C)ccc1NC(=O)c1csc(N2CC[C@H](OC)C2)n1. The highest BCUT2D eigenvalue weighted by atomic mass is 32.1. The second-order valence-electron chi connectivity index (χ2n) is 11.9. The van der Waals surface area contributed by atoms with Gasteiger partial charge in [-0.1, -0.05) is 6.07 Å². The number of aromatic nitrogens is 1. The molecule has 1 aromatic carbocycles. The minimum atomic E-state index is -0.543. The standard InChI is InChI=1S/C30H44N6O6S/c1-20-16-36(29(39)42-30(2,3)4)13-12-34(20)17-21-7-8-24(23(15-21)26(37)31-10-14-40-5)32-27(38)25-19-43-28(33-25)35-11-9-22(18-35)41-6/h7-8,15,19-20,22H,9-14,16-18H2,1-6H3,(H,31,37)(H,32,38)/t20-,22-/m0/s1. The van der Waals surface area contributed by atoms with Crippen molar-refractivity contribution in [2.45, 2.75) is 58.4 Å². The highest BCUT2D eigenvalue weighted by Crippen LogP contribution is 2.27. The van der Waals surface area contributed by atoms with Crippen LogP contribution in [0.3, 0.4) is 0 Å². The van der Waals surface area contributed by atoms with Crippen molar-refractivity contribution in [2.75, 3.05) is 70.3 Å². The molecule has 0 unspecified atom stereocenters. The maximum atomic E-state index is 13.2. The Labute approximate surface area is 257 Å². The number of rotatable bonds is 10. The number of carbonyl (C=O) groups is 3. The fourth-order valence-electron chi connectivity index (χ4n) is 5.10. The number of carbonyl (C=O) groups excluding carboxylic acids is 3. The van der Waals surface area contributed by atoms with Gasteiger partial charge in [0, 0.05) is 71.5 Å². The van der Waals surface area contributed by atoms with E-state index >= 15 is 0 Å². The van der Waals surface area contributed by atoms with Crippen molar-refractivity contribution in [3.63, 3.8) is 0 Å². The highest BCUT2D eigenvalue weighted by Gasteiger charge is 2.30. The molecule has 2 aliphatic heterocycles. The second kappa shape index (κ2) is 14.5. The Balaban J connectivity index is 1.45. The van der Waals surface area contributed by atoms with E-state index in [1.807, 2.05) is 32.9 Å². The lowest BCUT2D eigenvalue weighted by molar-refractivity contribution is 0.00459. The van der Waals surface area contributed by atoms with Gasteiger partial charge in [-0.05, 0) is 51.8 Å². The van der Waals surface area contributed by atoms with Gasteiger partial charge in [0.1, 0.15) is 11.3 Å². The molecule has 4 rings (SSSR count). The molecule has 2 N–H and O–H groups in total. The quantitative estimate of drug-likeness (QED) is 0.386. The van der Waals surface area contributed by atoms with Gasteiger partial charge < -0.3 is 34.6 Å². The van der Waals surface area contributed by atoms with Crippen molar-refractivity contribution in [3.8, 4) is 0 Å². The van der Waals surface area contributed by atoms with Crippen molar-refractivity contribution >= 4 is 40.1 Å². The lowest BCUT2D eigenvalue weighted by atomic mass is 10.1.